The molecular weight excluding hydrogens is 310 g/mol. The van der Waals surface area contributed by atoms with E-state index >= 15 is 0 Å². The summed E-state index contributed by atoms with van der Waals surface area (Å²) in [7, 11) is 0. The molecule has 2 fully saturated rings. The summed E-state index contributed by atoms with van der Waals surface area (Å²) in [4.78, 5) is 0. The summed E-state index contributed by atoms with van der Waals surface area (Å²) in [5, 5.41) is 0. The van der Waals surface area contributed by atoms with Gasteiger partial charge in [-0.25, -0.2) is 0 Å². The van der Waals surface area contributed by atoms with Crippen molar-refractivity contribution in [3.63, 3.8) is 0 Å². The first-order chi connectivity index (χ1) is 4.86. The molecule has 0 heterocycles. The van der Waals surface area contributed by atoms with Crippen molar-refractivity contribution in [1.82, 2.24) is 0 Å². The van der Waals surface area contributed by atoms with Gasteiger partial charge in [0.15, 0.2) is 0 Å². The third-order valence-corrected chi connectivity index (χ3v) is 5.41. The van der Waals surface area contributed by atoms with Crippen molar-refractivity contribution in [3.05, 3.63) is 0 Å². The van der Waals surface area contributed by atoms with Gasteiger partial charge in [0.2, 0.25) is 0 Å². The molecule has 0 nitrogen and oxygen atoms in total. The van der Waals surface area contributed by atoms with Gasteiger partial charge in [-0.15, -0.1) is 0 Å². The summed E-state index contributed by atoms with van der Waals surface area (Å²) in [5.41, 5.74) is 0. The monoisotopic (exact) mass is 324 g/mol. The van der Waals surface area contributed by atoms with E-state index in [0.29, 0.717) is 0 Å². The van der Waals surface area contributed by atoms with Gasteiger partial charge in [0, 0.05) is 0 Å². The molecule has 2 aliphatic carbocycles. The molecule has 2 rings (SSSR count). The average Bonchev–Trinajstić information content (AvgIpc) is 2.86. The summed E-state index contributed by atoms with van der Waals surface area (Å²) in [6.45, 7) is 0. The Labute approximate surface area is 110 Å². The quantitative estimate of drug-likeness (QED) is 0.466. The molecule has 0 saturated heterocycles. The van der Waals surface area contributed by atoms with Crippen LogP contribution < -0.4 is 34.0 Å². The normalized spacial score (nSPS) is 18.2. The predicted octanol–water partition coefficient (Wildman–Crippen LogP) is -3.35. The van der Waals surface area contributed by atoms with Gasteiger partial charge >= 0.3 is 77.3 Å². The van der Waals surface area contributed by atoms with Crippen molar-refractivity contribution in [2.45, 2.75) is 46.8 Å². The fourth-order valence-electron chi connectivity index (χ4n) is 0.859. The molecule has 0 aromatic heterocycles. The third kappa shape index (κ3) is 10.1. The van der Waals surface area contributed by atoms with E-state index in [1.165, 1.54) is 9.56 Å². The third-order valence-electron chi connectivity index (χ3n) is 2.19. The van der Waals surface area contributed by atoms with Crippen LogP contribution in [0.5, 0.6) is 0 Å². The van der Waals surface area contributed by atoms with E-state index in [9.17, 15) is 0 Å². The van der Waals surface area contributed by atoms with Crippen LogP contribution in [0.15, 0.2) is 0 Å². The van der Waals surface area contributed by atoms with Gasteiger partial charge in [-0.1, -0.05) is 0 Å². The molecule has 2 aliphatic rings. The van der Waals surface area contributed by atoms with E-state index in [4.69, 9.17) is 0 Å². The summed E-state index contributed by atoms with van der Waals surface area (Å²) >= 11 is 1.69. The molecule has 0 aromatic rings. The van der Waals surface area contributed by atoms with Crippen LogP contribution in [0.3, 0.4) is 0 Å². The summed E-state index contributed by atoms with van der Waals surface area (Å²) in [6, 6.07) is 0. The van der Waals surface area contributed by atoms with E-state index in [-0.39, 0.29) is 34.0 Å². The molecule has 0 amide bonds. The zero-order chi connectivity index (χ0) is 7.40. The van der Waals surface area contributed by atoms with E-state index in [1.54, 1.807) is 25.7 Å². The Morgan fingerprint density at radius 3 is 1.00 bits per heavy atom. The van der Waals surface area contributed by atoms with Crippen LogP contribution in [0.1, 0.15) is 25.7 Å². The molecule has 0 aliphatic heterocycles. The van der Waals surface area contributed by atoms with Crippen molar-refractivity contribution in [1.29, 1.82) is 0 Å². The van der Waals surface area contributed by atoms with E-state index in [2.05, 4.69) is 11.6 Å². The second kappa shape index (κ2) is 9.58. The number of hydrogen-bond acceptors (Lipinski definition) is 0. The second-order valence-electron chi connectivity index (χ2n) is 3.34. The summed E-state index contributed by atoms with van der Waals surface area (Å²) in [6.07, 6.45) is 6.19. The Bertz CT molecular complexity index is 81.1. The fraction of sp³-hybridized carbons (Fsp3) is 1.00. The van der Waals surface area contributed by atoms with Crippen molar-refractivity contribution in [2.75, 3.05) is 0 Å². The molecule has 0 bridgehead atoms. The van der Waals surface area contributed by atoms with Crippen LogP contribution in [-0.4, -0.2) is 30.4 Å². The number of rotatable bonds is 2. The molecule has 0 atom stereocenters. The molecular formula is C8H16Al2Br2. The molecule has 0 spiro atoms. The summed E-state index contributed by atoms with van der Waals surface area (Å²) in [5.74, 6) is 4.69. The summed E-state index contributed by atoms with van der Waals surface area (Å²) < 4.78 is 2.44. The Hall–Kier alpha value is 2.02. The molecule has 0 radical (unpaired) electrons. The van der Waals surface area contributed by atoms with Crippen molar-refractivity contribution < 1.29 is 34.0 Å². The first-order valence-corrected chi connectivity index (χ1v) is 8.10. The van der Waals surface area contributed by atoms with Gasteiger partial charge in [0.05, 0.1) is 0 Å². The van der Waals surface area contributed by atoms with E-state index in [0.717, 1.165) is 30.4 Å². The van der Waals surface area contributed by atoms with Gasteiger partial charge in [-0.05, 0) is 0 Å². The molecule has 0 N–H and O–H groups in total. The van der Waals surface area contributed by atoms with Gasteiger partial charge in [-0.2, -0.15) is 0 Å². The van der Waals surface area contributed by atoms with Gasteiger partial charge < -0.3 is 34.0 Å². The van der Waals surface area contributed by atoms with E-state index in [1.807, 2.05) is 0 Å². The second-order valence-corrected chi connectivity index (χ2v) is 6.56. The van der Waals surface area contributed by atoms with Crippen molar-refractivity contribution in [3.8, 4) is 0 Å². The zero-order valence-corrected chi connectivity index (χ0v) is 13.4. The number of hydrogen-bond donors (Lipinski definition) is 0. The van der Waals surface area contributed by atoms with Crippen LogP contribution in [0.2, 0.25) is 21.1 Å². The molecule has 4 heteroatoms. The topological polar surface area (TPSA) is 0 Å². The van der Waals surface area contributed by atoms with Crippen LogP contribution in [0, 0.1) is 0 Å². The van der Waals surface area contributed by atoms with Crippen LogP contribution >= 0.6 is 0 Å². The minimum absolute atomic E-state index is 0. The maximum absolute atomic E-state index is 2.34. The molecule has 12 heavy (non-hydrogen) atoms. The standard InChI is InChI=1S/2C3H5.2CH3.2Al.2BrH/c2*1-2-3-1;;;;;;/h2*1H,2-3H2;2*1H3;;;2*1H/q;;;;2*+1;;/p-2. The van der Waals surface area contributed by atoms with Crippen molar-refractivity contribution >= 4 is 30.4 Å². The molecule has 2 saturated carbocycles. The Balaban J connectivity index is 0. The van der Waals surface area contributed by atoms with Crippen LogP contribution in [-0.2, 0) is 0 Å². The Morgan fingerprint density at radius 2 is 1.00 bits per heavy atom. The van der Waals surface area contributed by atoms with E-state index < -0.39 is 0 Å². The van der Waals surface area contributed by atoms with Crippen LogP contribution in [0.4, 0.5) is 0 Å². The predicted molar refractivity (Wildman–Crippen MR) is 49.2 cm³/mol. The molecule has 0 aromatic carbocycles. The molecule has 68 valence electrons. The zero-order valence-electron chi connectivity index (χ0n) is 7.89. The van der Waals surface area contributed by atoms with Gasteiger partial charge in [-0.3, -0.25) is 0 Å². The fourth-order valence-corrected chi connectivity index (χ4v) is 2.58. The average molecular weight is 326 g/mol. The van der Waals surface area contributed by atoms with Crippen LogP contribution in [0.25, 0.3) is 0 Å². The Kier molecular flexibility index (Phi) is 13.1. The molecule has 0 unspecified atom stereocenters. The van der Waals surface area contributed by atoms with Crippen molar-refractivity contribution in [2.24, 2.45) is 0 Å². The van der Waals surface area contributed by atoms with Gasteiger partial charge in [0.25, 0.3) is 0 Å². The SMILES string of the molecule is [Br-].[Br-].[CH3][Al+][CH]1CC1.[CH3][Al+][CH]1CC1. The minimum atomic E-state index is 0. The number of halogens is 2. The first kappa shape index (κ1) is 16.5. The van der Waals surface area contributed by atoms with Gasteiger partial charge in [0.1, 0.15) is 0 Å². The Morgan fingerprint density at radius 1 is 0.750 bits per heavy atom. The maximum atomic E-state index is 2.34. The first-order valence-electron chi connectivity index (χ1n) is 4.45.